The summed E-state index contributed by atoms with van der Waals surface area (Å²) in [4.78, 5) is 0. The van der Waals surface area contributed by atoms with Crippen molar-refractivity contribution in [1.29, 1.82) is 0 Å². The van der Waals surface area contributed by atoms with Crippen LogP contribution in [0.3, 0.4) is 0 Å². The lowest BCUT2D eigenvalue weighted by atomic mass is 9.75. The molecule has 1 nitrogen and oxygen atoms in total. The summed E-state index contributed by atoms with van der Waals surface area (Å²) in [7, 11) is 0. The van der Waals surface area contributed by atoms with Gasteiger partial charge in [-0.3, -0.25) is 0 Å². The molecule has 1 aromatic rings. The van der Waals surface area contributed by atoms with Crippen LogP contribution in [0.2, 0.25) is 0 Å². The zero-order valence-electron chi connectivity index (χ0n) is 14.4. The summed E-state index contributed by atoms with van der Waals surface area (Å²) < 4.78 is 0. The highest BCUT2D eigenvalue weighted by molar-refractivity contribution is 5.49. The predicted octanol–water partition coefficient (Wildman–Crippen LogP) is 5.86. The molecule has 0 aromatic heterocycles. The van der Waals surface area contributed by atoms with Crippen molar-refractivity contribution in [3.63, 3.8) is 0 Å². The Balaban J connectivity index is 3.21. The number of benzene rings is 1. The fourth-order valence-corrected chi connectivity index (χ4v) is 2.82. The molecule has 1 rings (SSSR count). The van der Waals surface area contributed by atoms with E-state index in [0.29, 0.717) is 5.75 Å². The normalized spacial score (nSPS) is 12.8. The maximum atomic E-state index is 10.7. The van der Waals surface area contributed by atoms with Crippen LogP contribution in [-0.2, 0) is 10.8 Å². The Morgan fingerprint density at radius 3 is 2.00 bits per heavy atom. The monoisotopic (exact) mass is 276 g/mol. The number of aryl methyl sites for hydroxylation is 1. The zero-order valence-corrected chi connectivity index (χ0v) is 14.4. The number of hydrogen-bond acceptors (Lipinski definition) is 1. The van der Waals surface area contributed by atoms with Crippen LogP contribution in [0.1, 0.15) is 83.9 Å². The van der Waals surface area contributed by atoms with E-state index in [1.54, 1.807) is 0 Å². The van der Waals surface area contributed by atoms with Crippen molar-refractivity contribution >= 4 is 0 Å². The molecule has 0 radical (unpaired) electrons. The Hall–Kier alpha value is -0.980. The topological polar surface area (TPSA) is 20.2 Å². The van der Waals surface area contributed by atoms with E-state index in [0.717, 1.165) is 17.5 Å². The van der Waals surface area contributed by atoms with Crippen LogP contribution in [0, 0.1) is 6.92 Å². The van der Waals surface area contributed by atoms with Gasteiger partial charge in [0.1, 0.15) is 5.75 Å². The van der Waals surface area contributed by atoms with Gasteiger partial charge >= 0.3 is 0 Å². The molecule has 0 bridgehead atoms. The van der Waals surface area contributed by atoms with Crippen LogP contribution in [-0.4, -0.2) is 5.11 Å². The molecule has 0 spiro atoms. The summed E-state index contributed by atoms with van der Waals surface area (Å²) in [5, 5.41) is 10.7. The van der Waals surface area contributed by atoms with Crippen molar-refractivity contribution in [1.82, 2.24) is 0 Å². The molecule has 0 atom stereocenters. The van der Waals surface area contributed by atoms with E-state index in [1.807, 2.05) is 0 Å². The molecule has 0 amide bonds. The van der Waals surface area contributed by atoms with Gasteiger partial charge in [-0.05, 0) is 29.7 Å². The molecule has 1 aromatic carbocycles. The molecule has 0 aliphatic carbocycles. The van der Waals surface area contributed by atoms with Crippen LogP contribution in [0.25, 0.3) is 0 Å². The minimum Gasteiger partial charge on any atom is -0.507 e. The van der Waals surface area contributed by atoms with Crippen molar-refractivity contribution < 1.29 is 5.11 Å². The van der Waals surface area contributed by atoms with Gasteiger partial charge < -0.3 is 5.11 Å². The zero-order chi connectivity index (χ0) is 15.6. The lowest BCUT2D eigenvalue weighted by molar-refractivity contribution is 0.395. The minimum absolute atomic E-state index is 0.0235. The van der Waals surface area contributed by atoms with Crippen LogP contribution < -0.4 is 0 Å². The molecular formula is C19H32O. The fraction of sp³-hybridized carbons (Fsp3) is 0.684. The van der Waals surface area contributed by atoms with Gasteiger partial charge in [0, 0.05) is 5.56 Å². The number of aromatic hydroxyl groups is 1. The van der Waals surface area contributed by atoms with Crippen LogP contribution in [0.5, 0.6) is 5.75 Å². The van der Waals surface area contributed by atoms with Crippen LogP contribution in [0.15, 0.2) is 12.1 Å². The van der Waals surface area contributed by atoms with Crippen LogP contribution in [0.4, 0.5) is 0 Å². The highest BCUT2D eigenvalue weighted by Crippen LogP contribution is 2.41. The molecule has 1 N–H and O–H groups in total. The molecular weight excluding hydrogens is 244 g/mol. The number of hydrogen-bond donors (Lipinski definition) is 1. The average Bonchev–Trinajstić information content (AvgIpc) is 2.30. The Bertz CT molecular complexity index is 450. The first kappa shape index (κ1) is 17.1. The standard InChI is InChI=1S/C19H32O/c1-8-9-10-11-19(6,7)16-13-14(2)12-15(17(16)20)18(3,4)5/h12-13,20H,8-11H2,1-7H3. The third-order valence-electron chi connectivity index (χ3n) is 4.20. The molecule has 20 heavy (non-hydrogen) atoms. The summed E-state index contributed by atoms with van der Waals surface area (Å²) in [5.41, 5.74) is 3.43. The Kier molecular flexibility index (Phi) is 5.29. The highest BCUT2D eigenvalue weighted by atomic mass is 16.3. The molecule has 1 heteroatoms. The third kappa shape index (κ3) is 4.01. The Morgan fingerprint density at radius 1 is 0.950 bits per heavy atom. The average molecular weight is 276 g/mol. The summed E-state index contributed by atoms with van der Waals surface area (Å²) in [5.74, 6) is 0.504. The lowest BCUT2D eigenvalue weighted by Crippen LogP contribution is -2.20. The van der Waals surface area contributed by atoms with Gasteiger partial charge in [0.2, 0.25) is 0 Å². The predicted molar refractivity (Wildman–Crippen MR) is 88.7 cm³/mol. The largest absolute Gasteiger partial charge is 0.507 e. The van der Waals surface area contributed by atoms with Gasteiger partial charge in [-0.2, -0.15) is 0 Å². The van der Waals surface area contributed by atoms with Gasteiger partial charge in [0.25, 0.3) is 0 Å². The first-order chi connectivity index (χ1) is 9.09. The molecule has 0 heterocycles. The fourth-order valence-electron chi connectivity index (χ4n) is 2.82. The van der Waals surface area contributed by atoms with Crippen molar-refractivity contribution in [2.24, 2.45) is 0 Å². The number of unbranched alkanes of at least 4 members (excludes halogenated alkanes) is 2. The van der Waals surface area contributed by atoms with E-state index in [9.17, 15) is 5.11 Å². The number of phenols is 1. The van der Waals surface area contributed by atoms with Crippen molar-refractivity contribution in [3.8, 4) is 5.75 Å². The Labute approximate surface area is 125 Å². The lowest BCUT2D eigenvalue weighted by Gasteiger charge is -2.30. The first-order valence-electron chi connectivity index (χ1n) is 7.94. The van der Waals surface area contributed by atoms with E-state index < -0.39 is 0 Å². The van der Waals surface area contributed by atoms with Gasteiger partial charge in [-0.1, -0.05) is 78.5 Å². The summed E-state index contributed by atoms with van der Waals surface area (Å²) in [6.07, 6.45) is 4.86. The van der Waals surface area contributed by atoms with Gasteiger partial charge in [0.05, 0.1) is 0 Å². The van der Waals surface area contributed by atoms with E-state index in [2.05, 4.69) is 60.6 Å². The first-order valence-corrected chi connectivity index (χ1v) is 7.94. The van der Waals surface area contributed by atoms with E-state index in [1.165, 1.54) is 24.8 Å². The van der Waals surface area contributed by atoms with Gasteiger partial charge in [-0.25, -0.2) is 0 Å². The molecule has 0 aliphatic rings. The summed E-state index contributed by atoms with van der Waals surface area (Å²) >= 11 is 0. The summed E-state index contributed by atoms with van der Waals surface area (Å²) in [6.45, 7) is 15.3. The van der Waals surface area contributed by atoms with Crippen molar-refractivity contribution in [3.05, 3.63) is 28.8 Å². The molecule has 0 unspecified atom stereocenters. The van der Waals surface area contributed by atoms with Gasteiger partial charge in [0.15, 0.2) is 0 Å². The van der Waals surface area contributed by atoms with Crippen LogP contribution >= 0.6 is 0 Å². The second kappa shape index (κ2) is 6.20. The number of rotatable bonds is 5. The van der Waals surface area contributed by atoms with Crippen molar-refractivity contribution in [2.75, 3.05) is 0 Å². The number of phenolic OH excluding ortho intramolecular Hbond substituents is 1. The second-order valence-electron chi connectivity index (χ2n) is 7.80. The van der Waals surface area contributed by atoms with Crippen molar-refractivity contribution in [2.45, 2.75) is 85.0 Å². The summed E-state index contributed by atoms with van der Waals surface area (Å²) in [6, 6.07) is 4.29. The quantitative estimate of drug-likeness (QED) is 0.668. The molecule has 0 saturated carbocycles. The van der Waals surface area contributed by atoms with E-state index in [4.69, 9.17) is 0 Å². The molecule has 0 saturated heterocycles. The second-order valence-corrected chi connectivity index (χ2v) is 7.80. The highest BCUT2D eigenvalue weighted by Gasteiger charge is 2.28. The third-order valence-corrected chi connectivity index (χ3v) is 4.20. The maximum absolute atomic E-state index is 10.7. The molecule has 114 valence electrons. The van der Waals surface area contributed by atoms with E-state index >= 15 is 0 Å². The van der Waals surface area contributed by atoms with E-state index in [-0.39, 0.29) is 10.8 Å². The SMILES string of the molecule is CCCCCC(C)(C)c1cc(C)cc(C(C)(C)C)c1O. The minimum atomic E-state index is -0.0235. The Morgan fingerprint density at radius 2 is 1.50 bits per heavy atom. The molecule has 0 aliphatic heterocycles. The molecule has 0 fully saturated rings. The van der Waals surface area contributed by atoms with Gasteiger partial charge in [-0.15, -0.1) is 0 Å². The smallest absolute Gasteiger partial charge is 0.123 e. The maximum Gasteiger partial charge on any atom is 0.123 e.